The zero-order chi connectivity index (χ0) is 22.0. The molecule has 2 fully saturated rings. The fourth-order valence-corrected chi connectivity index (χ4v) is 4.58. The van der Waals surface area contributed by atoms with E-state index in [1.54, 1.807) is 18.0 Å². The average molecular weight is 445 g/mol. The Morgan fingerprint density at radius 1 is 1.35 bits per heavy atom. The Kier molecular flexibility index (Phi) is 5.86. The maximum Gasteiger partial charge on any atom is 0.344 e. The molecular weight excluding hydrogens is 420 g/mol. The van der Waals surface area contributed by atoms with E-state index in [0.29, 0.717) is 29.7 Å². The molecule has 11 heteroatoms. The minimum atomic E-state index is -0.892. The minimum absolute atomic E-state index is 0.0379. The number of hydrazine groups is 1. The van der Waals surface area contributed by atoms with E-state index in [1.807, 2.05) is 24.3 Å². The number of methoxy groups -OCH3 is 1. The number of nitrogens with one attached hydrogen (secondary N) is 2. The highest BCUT2D eigenvalue weighted by Crippen LogP contribution is 2.35. The van der Waals surface area contributed by atoms with Crippen LogP contribution in [0.5, 0.6) is 5.75 Å². The van der Waals surface area contributed by atoms with E-state index >= 15 is 0 Å². The Morgan fingerprint density at radius 2 is 2.13 bits per heavy atom. The van der Waals surface area contributed by atoms with Crippen molar-refractivity contribution in [2.45, 2.75) is 43.3 Å². The molecule has 1 aromatic heterocycles. The molecular formula is C20H24N6O4S. The first-order chi connectivity index (χ1) is 14.9. The van der Waals surface area contributed by atoms with Crippen molar-refractivity contribution in [3.8, 4) is 11.4 Å². The Morgan fingerprint density at radius 3 is 2.87 bits per heavy atom. The summed E-state index contributed by atoms with van der Waals surface area (Å²) in [5, 5.41) is 12.1. The van der Waals surface area contributed by atoms with Gasteiger partial charge in [0.15, 0.2) is 5.16 Å². The molecule has 2 N–H and O–H groups in total. The van der Waals surface area contributed by atoms with Crippen LogP contribution < -0.4 is 15.5 Å². The summed E-state index contributed by atoms with van der Waals surface area (Å²) in [6, 6.07) is 6.78. The molecule has 10 nitrogen and oxygen atoms in total. The number of urea groups is 1. The minimum Gasteiger partial charge on any atom is -0.497 e. The van der Waals surface area contributed by atoms with Crippen molar-refractivity contribution in [3.05, 3.63) is 30.6 Å². The zero-order valence-corrected chi connectivity index (χ0v) is 18.1. The van der Waals surface area contributed by atoms with Gasteiger partial charge in [0, 0.05) is 6.07 Å². The number of aromatic nitrogens is 3. The van der Waals surface area contributed by atoms with E-state index in [0.717, 1.165) is 35.3 Å². The lowest BCUT2D eigenvalue weighted by Crippen LogP contribution is -2.51. The molecule has 1 saturated heterocycles. The third-order valence-corrected chi connectivity index (χ3v) is 6.65. The molecule has 2 aromatic rings. The molecule has 1 aliphatic heterocycles. The topological polar surface area (TPSA) is 118 Å². The van der Waals surface area contributed by atoms with Gasteiger partial charge in [-0.05, 0) is 43.7 Å². The van der Waals surface area contributed by atoms with Crippen LogP contribution in [0.25, 0.3) is 5.69 Å². The van der Waals surface area contributed by atoms with Gasteiger partial charge in [-0.25, -0.2) is 4.79 Å². The summed E-state index contributed by atoms with van der Waals surface area (Å²) < 4.78 is 6.97. The average Bonchev–Trinajstić information content (AvgIpc) is 3.33. The van der Waals surface area contributed by atoms with Gasteiger partial charge in [0.2, 0.25) is 5.91 Å². The Balaban J connectivity index is 1.38. The summed E-state index contributed by atoms with van der Waals surface area (Å²) in [6.45, 7) is 2.13. The van der Waals surface area contributed by atoms with Crippen molar-refractivity contribution in [2.75, 3.05) is 12.9 Å². The summed E-state index contributed by atoms with van der Waals surface area (Å²) in [6.07, 6.45) is 4.44. The standard InChI is InChI=1S/C20H24N6O4S/c1-13-6-8-20(9-7-13)17(28)26(18(29)22-20)24-16(27)11-31-19-23-21-12-25(19)14-4-3-5-15(10-14)30-2/h3-5,10,12-13H,6-9,11H2,1-2H3,(H,22,29)(H,24,27). The fraction of sp³-hybridized carbons (Fsp3) is 0.450. The van der Waals surface area contributed by atoms with Crippen LogP contribution in [0.4, 0.5) is 4.79 Å². The lowest BCUT2D eigenvalue weighted by atomic mass is 9.77. The number of imide groups is 1. The van der Waals surface area contributed by atoms with Crippen LogP contribution in [0.3, 0.4) is 0 Å². The van der Waals surface area contributed by atoms with Crippen molar-refractivity contribution in [3.63, 3.8) is 0 Å². The van der Waals surface area contributed by atoms with Crippen molar-refractivity contribution >= 4 is 29.6 Å². The van der Waals surface area contributed by atoms with Gasteiger partial charge in [-0.3, -0.25) is 19.6 Å². The van der Waals surface area contributed by atoms with Gasteiger partial charge >= 0.3 is 6.03 Å². The molecule has 4 amide bonds. The van der Waals surface area contributed by atoms with E-state index in [1.165, 1.54) is 0 Å². The lowest BCUT2D eigenvalue weighted by molar-refractivity contribution is -0.139. The SMILES string of the molecule is COc1cccc(-n2cnnc2SCC(=O)NN2C(=O)NC3(CCC(C)CC3)C2=O)c1. The van der Waals surface area contributed by atoms with Gasteiger partial charge in [-0.15, -0.1) is 10.2 Å². The molecule has 1 aromatic carbocycles. The van der Waals surface area contributed by atoms with Crippen molar-refractivity contribution in [1.82, 2.24) is 30.5 Å². The van der Waals surface area contributed by atoms with Gasteiger partial charge in [0.05, 0.1) is 18.6 Å². The monoisotopic (exact) mass is 444 g/mol. The molecule has 0 bridgehead atoms. The smallest absolute Gasteiger partial charge is 0.344 e. The second-order valence-corrected chi connectivity index (χ2v) is 8.79. The van der Waals surface area contributed by atoms with E-state index in [2.05, 4.69) is 27.9 Å². The first kappa shape index (κ1) is 21.2. The molecule has 1 spiro atoms. The maximum absolute atomic E-state index is 12.9. The van der Waals surface area contributed by atoms with Gasteiger partial charge in [0.1, 0.15) is 17.6 Å². The van der Waals surface area contributed by atoms with E-state index in [9.17, 15) is 14.4 Å². The Bertz CT molecular complexity index is 1000. The second-order valence-electron chi connectivity index (χ2n) is 7.84. The van der Waals surface area contributed by atoms with Crippen LogP contribution >= 0.6 is 11.8 Å². The van der Waals surface area contributed by atoms with Gasteiger partial charge in [-0.2, -0.15) is 5.01 Å². The predicted molar refractivity (Wildman–Crippen MR) is 113 cm³/mol. The molecule has 0 atom stereocenters. The first-order valence-corrected chi connectivity index (χ1v) is 11.0. The molecule has 164 valence electrons. The molecule has 4 rings (SSSR count). The summed E-state index contributed by atoms with van der Waals surface area (Å²) in [4.78, 5) is 37.7. The first-order valence-electron chi connectivity index (χ1n) is 10.1. The summed E-state index contributed by atoms with van der Waals surface area (Å²) in [5.41, 5.74) is 2.33. The molecule has 0 unspecified atom stereocenters. The highest BCUT2D eigenvalue weighted by atomic mass is 32.2. The number of hydrogen-bond donors (Lipinski definition) is 2. The van der Waals surface area contributed by atoms with E-state index < -0.39 is 17.5 Å². The summed E-state index contributed by atoms with van der Waals surface area (Å²) >= 11 is 1.15. The van der Waals surface area contributed by atoms with Crippen LogP contribution in [-0.4, -0.2) is 56.0 Å². The fourth-order valence-electron chi connectivity index (χ4n) is 3.86. The number of thioether (sulfide) groups is 1. The number of benzene rings is 1. The molecule has 0 radical (unpaired) electrons. The lowest BCUT2D eigenvalue weighted by Gasteiger charge is -2.33. The normalized spacial score (nSPS) is 23.2. The number of carbonyl (C=O) groups is 3. The number of carbonyl (C=O) groups excluding carboxylic acids is 3. The van der Waals surface area contributed by atoms with Gasteiger partial charge in [-0.1, -0.05) is 24.8 Å². The maximum atomic E-state index is 12.9. The zero-order valence-electron chi connectivity index (χ0n) is 17.3. The van der Waals surface area contributed by atoms with Crippen LogP contribution in [0, 0.1) is 5.92 Å². The molecule has 2 heterocycles. The third kappa shape index (κ3) is 4.22. The largest absolute Gasteiger partial charge is 0.497 e. The highest BCUT2D eigenvalue weighted by molar-refractivity contribution is 7.99. The third-order valence-electron chi connectivity index (χ3n) is 5.71. The number of amides is 4. The number of rotatable bonds is 6. The predicted octanol–water partition coefficient (Wildman–Crippen LogP) is 1.90. The Hall–Kier alpha value is -3.08. The number of hydrogen-bond acceptors (Lipinski definition) is 7. The summed E-state index contributed by atoms with van der Waals surface area (Å²) in [5.74, 6) is 0.308. The van der Waals surface area contributed by atoms with Crippen LogP contribution in [0.15, 0.2) is 35.7 Å². The van der Waals surface area contributed by atoms with Gasteiger partial charge < -0.3 is 10.1 Å². The van der Waals surface area contributed by atoms with Crippen LogP contribution in [0.1, 0.15) is 32.6 Å². The van der Waals surface area contributed by atoms with Crippen LogP contribution in [0.2, 0.25) is 0 Å². The molecule has 1 saturated carbocycles. The Labute approximate surface area is 183 Å². The summed E-state index contributed by atoms with van der Waals surface area (Å²) in [7, 11) is 1.58. The van der Waals surface area contributed by atoms with E-state index in [4.69, 9.17) is 4.74 Å². The van der Waals surface area contributed by atoms with Crippen molar-refractivity contribution < 1.29 is 19.1 Å². The number of ether oxygens (including phenoxy) is 1. The second kappa shape index (κ2) is 8.58. The van der Waals surface area contributed by atoms with Gasteiger partial charge in [0.25, 0.3) is 5.91 Å². The van der Waals surface area contributed by atoms with Crippen molar-refractivity contribution in [1.29, 1.82) is 0 Å². The van der Waals surface area contributed by atoms with E-state index in [-0.39, 0.29) is 11.7 Å². The highest BCUT2D eigenvalue weighted by Gasteiger charge is 2.52. The van der Waals surface area contributed by atoms with Crippen molar-refractivity contribution in [2.24, 2.45) is 5.92 Å². The van der Waals surface area contributed by atoms with Crippen LogP contribution in [-0.2, 0) is 9.59 Å². The molecule has 31 heavy (non-hydrogen) atoms. The molecule has 1 aliphatic carbocycles. The molecule has 2 aliphatic rings. The quantitative estimate of drug-likeness (QED) is 0.516. The number of nitrogens with zero attached hydrogens (tertiary/aromatic N) is 4.